The van der Waals surface area contributed by atoms with Crippen LogP contribution in [-0.4, -0.2) is 44.8 Å². The maximum absolute atomic E-state index is 9.98. The summed E-state index contributed by atoms with van der Waals surface area (Å²) in [4.78, 5) is 0. The largest absolute Gasteiger partial charge is 0.399 e. The van der Waals surface area contributed by atoms with Crippen LogP contribution in [0, 0.1) is 6.92 Å². The second kappa shape index (κ2) is 10.4. The molecule has 0 radical (unpaired) electrons. The van der Waals surface area contributed by atoms with Gasteiger partial charge in [0.05, 0.1) is 5.75 Å². The van der Waals surface area contributed by atoms with Gasteiger partial charge in [-0.1, -0.05) is 7.43 Å². The third-order valence-corrected chi connectivity index (χ3v) is 3.73. The molecule has 1 saturated heterocycles. The van der Waals surface area contributed by atoms with Gasteiger partial charge in [0.2, 0.25) is 10.0 Å². The number of nitrogen functional groups attached to an aromatic ring is 1. The molecule has 0 atom stereocenters. The van der Waals surface area contributed by atoms with Gasteiger partial charge in [0, 0.05) is 24.5 Å². The maximum Gasteiger partial charge on any atom is 0.394 e. The number of anilines is 2. The summed E-state index contributed by atoms with van der Waals surface area (Å²) in [5.41, 5.74) is 8.78. The van der Waals surface area contributed by atoms with Gasteiger partial charge in [-0.15, -0.1) is 0 Å². The molecule has 0 unspecified atom stereocenters. The normalized spacial score (nSPS) is 14.6. The molecular weight excluding hydrogens is 346 g/mol. The van der Waals surface area contributed by atoms with E-state index < -0.39 is 20.4 Å². The van der Waals surface area contributed by atoms with Crippen LogP contribution in [0.25, 0.3) is 0 Å². The number of nitrogens with two attached hydrogens (primary N) is 1. The number of rotatable bonds is 2. The van der Waals surface area contributed by atoms with Crippen molar-refractivity contribution >= 4 is 31.8 Å². The van der Waals surface area contributed by atoms with Crippen LogP contribution in [0.4, 0.5) is 11.4 Å². The van der Waals surface area contributed by atoms with Crippen molar-refractivity contribution in [1.29, 1.82) is 0 Å². The van der Waals surface area contributed by atoms with Crippen LogP contribution < -0.4 is 15.8 Å². The molecule has 1 aromatic rings. The second-order valence-corrected chi connectivity index (χ2v) is 7.08. The Morgan fingerprint density at radius 2 is 1.78 bits per heavy atom. The SMILES string of the molecule is C.CCNc1ccc(N)c(C)c1.O=S(=O)(O)O.O=S1(=O)CCN1. The Labute approximate surface area is 137 Å². The fourth-order valence-corrected chi connectivity index (χ4v) is 1.80. The lowest BCUT2D eigenvalue weighted by Gasteiger charge is -2.12. The van der Waals surface area contributed by atoms with Gasteiger partial charge in [-0.05, 0) is 37.6 Å². The van der Waals surface area contributed by atoms with Gasteiger partial charge in [-0.25, -0.2) is 13.1 Å². The molecule has 1 heterocycles. The first-order valence-electron chi connectivity index (χ1n) is 6.22. The highest BCUT2D eigenvalue weighted by Crippen LogP contribution is 2.15. The molecule has 23 heavy (non-hydrogen) atoms. The van der Waals surface area contributed by atoms with Gasteiger partial charge >= 0.3 is 10.4 Å². The van der Waals surface area contributed by atoms with Crippen molar-refractivity contribution in [2.45, 2.75) is 21.3 Å². The summed E-state index contributed by atoms with van der Waals surface area (Å²) in [5.74, 6) is 0.312. The first-order valence-corrected chi connectivity index (χ1v) is 9.26. The van der Waals surface area contributed by atoms with Gasteiger partial charge in [0.1, 0.15) is 0 Å². The smallest absolute Gasteiger partial charge is 0.394 e. The molecule has 1 aliphatic rings. The molecule has 0 bridgehead atoms. The minimum Gasteiger partial charge on any atom is -0.399 e. The number of hydrogen-bond acceptors (Lipinski definition) is 6. The molecule has 0 saturated carbocycles. The molecule has 1 aromatic carbocycles. The summed E-state index contributed by atoms with van der Waals surface area (Å²) in [6.07, 6.45) is 0. The third-order valence-electron chi connectivity index (χ3n) is 2.34. The Bertz CT molecular complexity index is 656. The van der Waals surface area contributed by atoms with E-state index in [0.717, 1.165) is 23.5 Å². The Kier molecular flexibility index (Phi) is 10.8. The highest BCUT2D eigenvalue weighted by atomic mass is 32.3. The van der Waals surface area contributed by atoms with E-state index in [2.05, 4.69) is 23.0 Å². The monoisotopic (exact) mass is 371 g/mol. The van der Waals surface area contributed by atoms with Gasteiger partial charge in [-0.2, -0.15) is 8.42 Å². The van der Waals surface area contributed by atoms with Crippen LogP contribution in [0.1, 0.15) is 19.9 Å². The van der Waals surface area contributed by atoms with Crippen LogP contribution in [-0.2, 0) is 20.4 Å². The minimum atomic E-state index is -4.67. The summed E-state index contributed by atoms with van der Waals surface area (Å²) < 4.78 is 53.8. The van der Waals surface area contributed by atoms with Crippen LogP contribution >= 0.6 is 0 Å². The van der Waals surface area contributed by atoms with Crippen LogP contribution in [0.2, 0.25) is 0 Å². The van der Waals surface area contributed by atoms with Crippen molar-refractivity contribution in [2.75, 3.05) is 29.9 Å². The fraction of sp³-hybridized carbons (Fsp3) is 0.500. The van der Waals surface area contributed by atoms with Crippen molar-refractivity contribution in [1.82, 2.24) is 4.72 Å². The first kappa shape index (κ1) is 23.9. The van der Waals surface area contributed by atoms with Gasteiger partial charge in [-0.3, -0.25) is 9.11 Å². The summed E-state index contributed by atoms with van der Waals surface area (Å²) >= 11 is 0. The molecular formula is C12H25N3O6S2. The van der Waals surface area contributed by atoms with E-state index in [1.54, 1.807) is 0 Å². The summed E-state index contributed by atoms with van der Waals surface area (Å²) in [7, 11) is -7.40. The lowest BCUT2D eigenvalue weighted by Crippen LogP contribution is -2.42. The number of benzene rings is 1. The summed E-state index contributed by atoms with van der Waals surface area (Å²) in [5, 5.41) is 3.22. The van der Waals surface area contributed by atoms with Crippen molar-refractivity contribution in [3.8, 4) is 0 Å². The quantitative estimate of drug-likeness (QED) is 0.379. The average Bonchev–Trinajstić information content (AvgIpc) is 2.31. The van der Waals surface area contributed by atoms with Gasteiger partial charge in [0.15, 0.2) is 0 Å². The third kappa shape index (κ3) is 14.0. The molecule has 9 nitrogen and oxygen atoms in total. The molecule has 0 amide bonds. The number of nitrogens with one attached hydrogen (secondary N) is 2. The number of sulfonamides is 1. The highest BCUT2D eigenvalue weighted by Gasteiger charge is 2.17. The summed E-state index contributed by atoms with van der Waals surface area (Å²) in [6.45, 7) is 5.66. The molecule has 1 aliphatic heterocycles. The van der Waals surface area contributed by atoms with Crippen molar-refractivity contribution in [2.24, 2.45) is 0 Å². The minimum absolute atomic E-state index is 0. The van der Waals surface area contributed by atoms with Crippen molar-refractivity contribution in [3.05, 3.63) is 23.8 Å². The van der Waals surface area contributed by atoms with E-state index in [1.165, 1.54) is 0 Å². The van der Waals surface area contributed by atoms with Crippen molar-refractivity contribution < 1.29 is 25.9 Å². The zero-order valence-electron chi connectivity index (χ0n) is 12.3. The van der Waals surface area contributed by atoms with E-state index in [-0.39, 0.29) is 7.43 Å². The Balaban J connectivity index is 0. The Morgan fingerprint density at radius 3 is 2.04 bits per heavy atom. The molecule has 6 N–H and O–H groups in total. The lowest BCUT2D eigenvalue weighted by atomic mass is 10.2. The molecule has 0 spiro atoms. The van der Waals surface area contributed by atoms with E-state index in [1.807, 2.05) is 19.1 Å². The topological polar surface area (TPSA) is 159 Å². The van der Waals surface area contributed by atoms with E-state index in [4.69, 9.17) is 23.3 Å². The van der Waals surface area contributed by atoms with E-state index in [9.17, 15) is 8.42 Å². The fourth-order valence-electron chi connectivity index (χ4n) is 1.26. The van der Waals surface area contributed by atoms with E-state index >= 15 is 0 Å². The van der Waals surface area contributed by atoms with Gasteiger partial charge in [0.25, 0.3) is 0 Å². The predicted octanol–water partition coefficient (Wildman–Crippen LogP) is 0.912. The molecule has 0 aromatic heterocycles. The van der Waals surface area contributed by atoms with E-state index in [0.29, 0.717) is 12.3 Å². The first-order chi connectivity index (χ1) is 9.94. The zero-order chi connectivity index (χ0) is 17.4. The predicted molar refractivity (Wildman–Crippen MR) is 92.5 cm³/mol. The molecule has 1 fully saturated rings. The highest BCUT2D eigenvalue weighted by molar-refractivity contribution is 7.90. The van der Waals surface area contributed by atoms with Crippen LogP contribution in [0.5, 0.6) is 0 Å². The molecule has 11 heteroatoms. The molecule has 2 rings (SSSR count). The molecule has 0 aliphatic carbocycles. The second-order valence-electron chi connectivity index (χ2n) is 4.26. The van der Waals surface area contributed by atoms with Crippen LogP contribution in [0.15, 0.2) is 18.2 Å². The zero-order valence-corrected chi connectivity index (χ0v) is 13.9. The number of aryl methyl sites for hydroxylation is 1. The van der Waals surface area contributed by atoms with Crippen molar-refractivity contribution in [3.63, 3.8) is 0 Å². The molecule has 136 valence electrons. The maximum atomic E-state index is 9.98. The lowest BCUT2D eigenvalue weighted by molar-refractivity contribution is 0.381. The number of hydrogen-bond donors (Lipinski definition) is 5. The Morgan fingerprint density at radius 1 is 1.35 bits per heavy atom. The average molecular weight is 371 g/mol. The van der Waals surface area contributed by atoms with Crippen LogP contribution in [0.3, 0.4) is 0 Å². The summed E-state index contributed by atoms with van der Waals surface area (Å²) in [6, 6.07) is 5.97. The Hall–Kier alpha value is -1.40. The van der Waals surface area contributed by atoms with Gasteiger partial charge < -0.3 is 11.1 Å². The standard InChI is InChI=1S/C9H14N2.C2H5NO2S.CH4.H2O4S/c1-3-11-8-4-5-9(10)7(2)6-8;4-6(5)2-1-3-6;;1-5(2,3)4/h4-6,11H,3,10H2,1-2H3;3H,1-2H2;1H4;(H2,1,2,3,4).